The van der Waals surface area contributed by atoms with Crippen LogP contribution in [0.1, 0.15) is 30.9 Å². The number of pyridine rings is 1. The van der Waals surface area contributed by atoms with E-state index in [1.165, 1.54) is 6.20 Å². The van der Waals surface area contributed by atoms with Crippen molar-refractivity contribution in [2.24, 2.45) is 11.1 Å². The molecule has 16 heavy (non-hydrogen) atoms. The lowest BCUT2D eigenvalue weighted by atomic mass is 10.00. The Morgan fingerprint density at radius 2 is 1.94 bits per heavy atom. The number of hydrogen-bond acceptors (Lipinski definition) is 2. The van der Waals surface area contributed by atoms with Crippen molar-refractivity contribution in [1.82, 2.24) is 4.98 Å². The summed E-state index contributed by atoms with van der Waals surface area (Å²) in [6.07, 6.45) is -1.90. The molecule has 1 fully saturated rings. The highest BCUT2D eigenvalue weighted by Gasteiger charge is 2.58. The van der Waals surface area contributed by atoms with Gasteiger partial charge in [-0.15, -0.1) is 0 Å². The van der Waals surface area contributed by atoms with E-state index in [1.807, 2.05) is 13.8 Å². The first-order valence-corrected chi connectivity index (χ1v) is 5.03. The maximum absolute atomic E-state index is 12.7. The van der Waals surface area contributed by atoms with Crippen LogP contribution in [0.5, 0.6) is 0 Å². The largest absolute Gasteiger partial charge is 0.416 e. The first-order valence-electron chi connectivity index (χ1n) is 5.03. The summed E-state index contributed by atoms with van der Waals surface area (Å²) in [6, 6.07) is 0.786. The van der Waals surface area contributed by atoms with E-state index in [0.717, 1.165) is 12.3 Å². The molecule has 0 aromatic carbocycles. The summed E-state index contributed by atoms with van der Waals surface area (Å²) in [5.41, 5.74) is 5.12. The highest BCUT2D eigenvalue weighted by Crippen LogP contribution is 2.58. The molecule has 5 heteroatoms. The summed E-state index contributed by atoms with van der Waals surface area (Å²) in [4.78, 5) is 3.76. The molecule has 1 heterocycles. The zero-order valence-electron chi connectivity index (χ0n) is 9.05. The number of rotatable bonds is 1. The summed E-state index contributed by atoms with van der Waals surface area (Å²) in [5.74, 6) is -0.252. The lowest BCUT2D eigenvalue weighted by Crippen LogP contribution is -2.11. The molecule has 0 aliphatic heterocycles. The lowest BCUT2D eigenvalue weighted by Gasteiger charge is -2.12. The molecule has 0 bridgehead atoms. The SMILES string of the molecule is CC1(C)[C@H](N)[C@H]1c1cnccc1C(F)(F)F. The molecule has 1 aromatic heterocycles. The second-order valence-corrected chi connectivity index (χ2v) is 4.79. The van der Waals surface area contributed by atoms with Crippen molar-refractivity contribution < 1.29 is 13.2 Å². The van der Waals surface area contributed by atoms with Gasteiger partial charge in [-0.25, -0.2) is 0 Å². The molecule has 0 spiro atoms. The van der Waals surface area contributed by atoms with E-state index in [0.29, 0.717) is 0 Å². The molecule has 0 amide bonds. The van der Waals surface area contributed by atoms with Crippen LogP contribution in [0.4, 0.5) is 13.2 Å². The van der Waals surface area contributed by atoms with Gasteiger partial charge < -0.3 is 5.73 Å². The fraction of sp³-hybridized carbons (Fsp3) is 0.545. The molecule has 1 aliphatic carbocycles. The average Bonchev–Trinajstić information content (AvgIpc) is 2.65. The molecular formula is C11H13F3N2. The fourth-order valence-corrected chi connectivity index (χ4v) is 2.18. The number of nitrogens with two attached hydrogens (primary N) is 1. The van der Waals surface area contributed by atoms with Gasteiger partial charge in [0.15, 0.2) is 0 Å². The molecule has 2 atom stereocenters. The minimum atomic E-state index is -4.34. The topological polar surface area (TPSA) is 38.9 Å². The number of alkyl halides is 3. The Labute approximate surface area is 91.7 Å². The van der Waals surface area contributed by atoms with Gasteiger partial charge in [-0.3, -0.25) is 4.98 Å². The summed E-state index contributed by atoms with van der Waals surface area (Å²) in [6.45, 7) is 3.74. The second-order valence-electron chi connectivity index (χ2n) is 4.79. The van der Waals surface area contributed by atoms with E-state index in [1.54, 1.807) is 0 Å². The van der Waals surface area contributed by atoms with Crippen molar-refractivity contribution in [3.05, 3.63) is 29.6 Å². The van der Waals surface area contributed by atoms with Gasteiger partial charge >= 0.3 is 6.18 Å². The Kier molecular flexibility index (Phi) is 2.28. The molecule has 2 rings (SSSR count). The number of aromatic nitrogens is 1. The van der Waals surface area contributed by atoms with Crippen LogP contribution in [0.2, 0.25) is 0 Å². The lowest BCUT2D eigenvalue weighted by molar-refractivity contribution is -0.138. The molecule has 1 aromatic rings. The van der Waals surface area contributed by atoms with Crippen molar-refractivity contribution in [1.29, 1.82) is 0 Å². The van der Waals surface area contributed by atoms with E-state index >= 15 is 0 Å². The van der Waals surface area contributed by atoms with Gasteiger partial charge in [0.05, 0.1) is 5.56 Å². The molecule has 1 saturated carbocycles. The van der Waals surface area contributed by atoms with Gasteiger partial charge in [0.25, 0.3) is 0 Å². The van der Waals surface area contributed by atoms with Crippen LogP contribution in [0.25, 0.3) is 0 Å². The predicted molar refractivity (Wildman–Crippen MR) is 53.7 cm³/mol. The third-order valence-corrected chi connectivity index (χ3v) is 3.40. The molecular weight excluding hydrogens is 217 g/mol. The van der Waals surface area contributed by atoms with Crippen LogP contribution >= 0.6 is 0 Å². The third-order valence-electron chi connectivity index (χ3n) is 3.40. The number of halogens is 3. The minimum Gasteiger partial charge on any atom is -0.327 e. The third kappa shape index (κ3) is 1.59. The monoisotopic (exact) mass is 230 g/mol. The van der Waals surface area contributed by atoms with Crippen molar-refractivity contribution >= 4 is 0 Å². The molecule has 0 radical (unpaired) electrons. The Morgan fingerprint density at radius 1 is 1.38 bits per heavy atom. The molecule has 1 aliphatic rings. The maximum atomic E-state index is 12.7. The highest BCUT2D eigenvalue weighted by molar-refractivity contribution is 5.39. The van der Waals surface area contributed by atoms with Crippen molar-refractivity contribution in [2.75, 3.05) is 0 Å². The summed E-state index contributed by atoms with van der Waals surface area (Å²) >= 11 is 0. The van der Waals surface area contributed by atoms with Crippen molar-refractivity contribution in [3.63, 3.8) is 0 Å². The molecule has 2 N–H and O–H groups in total. The van der Waals surface area contributed by atoms with Crippen LogP contribution in [0, 0.1) is 5.41 Å². The zero-order valence-corrected chi connectivity index (χ0v) is 9.05. The Morgan fingerprint density at radius 3 is 2.38 bits per heavy atom. The summed E-state index contributed by atoms with van der Waals surface area (Å²) in [7, 11) is 0. The molecule has 0 saturated heterocycles. The van der Waals surface area contributed by atoms with E-state index in [4.69, 9.17) is 5.73 Å². The second kappa shape index (κ2) is 3.20. The van der Waals surface area contributed by atoms with Gasteiger partial charge in [-0.2, -0.15) is 13.2 Å². The van der Waals surface area contributed by atoms with Crippen LogP contribution < -0.4 is 5.73 Å². The van der Waals surface area contributed by atoms with Crippen LogP contribution in [0.15, 0.2) is 18.5 Å². The Hall–Kier alpha value is -1.10. The first-order chi connectivity index (χ1) is 7.26. The Balaban J connectivity index is 2.44. The average molecular weight is 230 g/mol. The molecule has 88 valence electrons. The van der Waals surface area contributed by atoms with Gasteiger partial charge in [0.2, 0.25) is 0 Å². The van der Waals surface area contributed by atoms with E-state index < -0.39 is 11.7 Å². The smallest absolute Gasteiger partial charge is 0.327 e. The Bertz CT molecular complexity index is 412. The highest BCUT2D eigenvalue weighted by atomic mass is 19.4. The first kappa shape index (κ1) is 11.4. The number of hydrogen-bond donors (Lipinski definition) is 1. The van der Waals surface area contributed by atoms with Gasteiger partial charge in [-0.05, 0) is 17.0 Å². The van der Waals surface area contributed by atoms with Crippen LogP contribution in [-0.2, 0) is 6.18 Å². The maximum Gasteiger partial charge on any atom is 0.416 e. The van der Waals surface area contributed by atoms with E-state index in [2.05, 4.69) is 4.98 Å². The normalized spacial score (nSPS) is 27.9. The van der Waals surface area contributed by atoms with Gasteiger partial charge in [-0.1, -0.05) is 13.8 Å². The minimum absolute atomic E-state index is 0.215. The quantitative estimate of drug-likeness (QED) is 0.805. The molecule has 2 nitrogen and oxygen atoms in total. The van der Waals surface area contributed by atoms with Crippen molar-refractivity contribution in [2.45, 2.75) is 32.0 Å². The summed E-state index contributed by atoms with van der Waals surface area (Å²) in [5, 5.41) is 0. The van der Waals surface area contributed by atoms with Crippen LogP contribution in [-0.4, -0.2) is 11.0 Å². The van der Waals surface area contributed by atoms with Crippen molar-refractivity contribution in [3.8, 4) is 0 Å². The zero-order chi connectivity index (χ0) is 12.1. The van der Waals surface area contributed by atoms with E-state index in [-0.39, 0.29) is 22.9 Å². The fourth-order valence-electron chi connectivity index (χ4n) is 2.18. The van der Waals surface area contributed by atoms with E-state index in [9.17, 15) is 13.2 Å². The van der Waals surface area contributed by atoms with Gasteiger partial charge in [0.1, 0.15) is 0 Å². The predicted octanol–water partition coefficient (Wildman–Crippen LogP) is 2.55. The van der Waals surface area contributed by atoms with Gasteiger partial charge in [0, 0.05) is 24.4 Å². The standard InChI is InChI=1S/C11H13F3N2/c1-10(2)8(9(10)15)6-5-16-4-3-7(6)11(12,13)14/h3-5,8-9H,15H2,1-2H3/t8-,9-/m1/s1. The molecule has 0 unspecified atom stereocenters. The van der Waals surface area contributed by atoms with Crippen LogP contribution in [0.3, 0.4) is 0 Å². The number of nitrogens with zero attached hydrogens (tertiary/aromatic N) is 1. The summed E-state index contributed by atoms with van der Waals surface area (Å²) < 4.78 is 38.2.